The Balaban J connectivity index is 1.89. The minimum absolute atomic E-state index is 0.116. The van der Waals surface area contributed by atoms with Crippen molar-refractivity contribution in [2.45, 2.75) is 24.6 Å². The van der Waals surface area contributed by atoms with Crippen LogP contribution in [-0.2, 0) is 14.8 Å². The molecule has 0 heterocycles. The Labute approximate surface area is 159 Å². The first kappa shape index (κ1) is 21.5. The first-order valence-corrected chi connectivity index (χ1v) is 9.39. The lowest BCUT2D eigenvalue weighted by atomic mass is 10.2. The molecule has 0 saturated heterocycles. The largest absolute Gasteiger partial charge is 0.573 e. The van der Waals surface area contributed by atoms with Gasteiger partial charge in [0.05, 0.1) is 10.6 Å². The Morgan fingerprint density at radius 2 is 1.79 bits per heavy atom. The predicted octanol–water partition coefficient (Wildman–Crippen LogP) is 2.91. The second-order valence-electron chi connectivity index (χ2n) is 5.74. The van der Waals surface area contributed by atoms with Gasteiger partial charge in [-0.05, 0) is 48.9 Å². The molecule has 0 saturated carbocycles. The number of carbonyl (C=O) groups excluding carboxylic acids is 1. The van der Waals surface area contributed by atoms with Gasteiger partial charge < -0.3 is 15.2 Å². The number of aromatic hydroxyl groups is 1. The molecular formula is C17H17F3N2O5S. The van der Waals surface area contributed by atoms with Crippen LogP contribution in [0.3, 0.4) is 0 Å². The fourth-order valence-electron chi connectivity index (χ4n) is 2.16. The first-order chi connectivity index (χ1) is 13.0. The maximum absolute atomic E-state index is 12.1. The van der Waals surface area contributed by atoms with E-state index in [1.165, 1.54) is 12.1 Å². The number of nitrogens with one attached hydrogen (secondary N) is 2. The highest BCUT2D eigenvalue weighted by Crippen LogP contribution is 2.25. The highest BCUT2D eigenvalue weighted by Gasteiger charge is 2.31. The number of ether oxygens (including phenoxy) is 1. The first-order valence-electron chi connectivity index (χ1n) is 7.91. The van der Waals surface area contributed by atoms with Gasteiger partial charge in [-0.2, -0.15) is 0 Å². The number of sulfonamides is 1. The summed E-state index contributed by atoms with van der Waals surface area (Å²) in [7, 11) is -4.02. The summed E-state index contributed by atoms with van der Waals surface area (Å²) in [6.45, 7) is 1.52. The number of halogens is 3. The Hall–Kier alpha value is -2.79. The van der Waals surface area contributed by atoms with Crippen LogP contribution in [-0.4, -0.2) is 32.3 Å². The van der Waals surface area contributed by atoms with E-state index >= 15 is 0 Å². The second-order valence-corrected chi connectivity index (χ2v) is 7.50. The second kappa shape index (κ2) is 8.48. The lowest BCUT2D eigenvalue weighted by Crippen LogP contribution is -2.27. The van der Waals surface area contributed by atoms with Crippen LogP contribution < -0.4 is 14.8 Å². The van der Waals surface area contributed by atoms with Crippen molar-refractivity contribution in [1.29, 1.82) is 0 Å². The zero-order valence-electron chi connectivity index (χ0n) is 14.6. The summed E-state index contributed by atoms with van der Waals surface area (Å²) < 4.78 is 66.4. The van der Waals surface area contributed by atoms with Gasteiger partial charge in [0.2, 0.25) is 15.9 Å². The number of hydrogen-bond donors (Lipinski definition) is 3. The maximum atomic E-state index is 12.1. The SMILES string of the molecule is Cc1ccc(NC(=O)CCNS(=O)(=O)c2ccc(OC(F)(F)F)cc2)c(O)c1. The van der Waals surface area contributed by atoms with Crippen molar-refractivity contribution in [1.82, 2.24) is 4.72 Å². The summed E-state index contributed by atoms with van der Waals surface area (Å²) >= 11 is 0. The average molecular weight is 418 g/mol. The smallest absolute Gasteiger partial charge is 0.506 e. The van der Waals surface area contributed by atoms with Gasteiger partial charge >= 0.3 is 6.36 Å². The minimum atomic E-state index is -4.88. The van der Waals surface area contributed by atoms with E-state index in [4.69, 9.17) is 0 Å². The van der Waals surface area contributed by atoms with Crippen molar-refractivity contribution in [3.8, 4) is 11.5 Å². The molecule has 7 nitrogen and oxygen atoms in total. The molecule has 0 spiro atoms. The molecule has 0 atom stereocenters. The van der Waals surface area contributed by atoms with E-state index < -0.39 is 28.0 Å². The van der Waals surface area contributed by atoms with Crippen LogP contribution in [0.2, 0.25) is 0 Å². The van der Waals surface area contributed by atoms with Crippen molar-refractivity contribution in [3.63, 3.8) is 0 Å². The van der Waals surface area contributed by atoms with Crippen LogP contribution in [0.15, 0.2) is 47.4 Å². The summed E-state index contributed by atoms with van der Waals surface area (Å²) in [6.07, 6.45) is -5.10. The van der Waals surface area contributed by atoms with E-state index in [1.54, 1.807) is 13.0 Å². The molecule has 0 unspecified atom stereocenters. The predicted molar refractivity (Wildman–Crippen MR) is 94.4 cm³/mol. The van der Waals surface area contributed by atoms with Crippen molar-refractivity contribution < 1.29 is 36.2 Å². The molecule has 28 heavy (non-hydrogen) atoms. The molecule has 0 aliphatic carbocycles. The molecule has 11 heteroatoms. The van der Waals surface area contributed by atoms with Crippen molar-refractivity contribution >= 4 is 21.6 Å². The Bertz CT molecular complexity index is 944. The fourth-order valence-corrected chi connectivity index (χ4v) is 3.19. The van der Waals surface area contributed by atoms with E-state index in [2.05, 4.69) is 14.8 Å². The summed E-state index contributed by atoms with van der Waals surface area (Å²) in [6, 6.07) is 8.30. The Kier molecular flexibility index (Phi) is 6.52. The van der Waals surface area contributed by atoms with Gasteiger partial charge in [-0.1, -0.05) is 6.07 Å². The third-order valence-electron chi connectivity index (χ3n) is 3.44. The zero-order chi connectivity index (χ0) is 20.9. The molecule has 0 aromatic heterocycles. The Morgan fingerprint density at radius 3 is 2.36 bits per heavy atom. The number of aryl methyl sites for hydroxylation is 1. The van der Waals surface area contributed by atoms with Gasteiger partial charge in [0.15, 0.2) is 0 Å². The monoisotopic (exact) mass is 418 g/mol. The van der Waals surface area contributed by atoms with Gasteiger partial charge in [0.1, 0.15) is 11.5 Å². The van der Waals surface area contributed by atoms with E-state index in [0.717, 1.165) is 29.8 Å². The quantitative estimate of drug-likeness (QED) is 0.600. The maximum Gasteiger partial charge on any atom is 0.573 e. The summed E-state index contributed by atoms with van der Waals surface area (Å²) in [5.74, 6) is -1.20. The van der Waals surface area contributed by atoms with Crippen molar-refractivity contribution in [2.75, 3.05) is 11.9 Å². The van der Waals surface area contributed by atoms with Crippen LogP contribution in [0.1, 0.15) is 12.0 Å². The summed E-state index contributed by atoms with van der Waals surface area (Å²) in [4.78, 5) is 11.6. The van der Waals surface area contributed by atoms with Crippen LogP contribution in [0.25, 0.3) is 0 Å². The molecule has 0 aliphatic rings. The summed E-state index contributed by atoms with van der Waals surface area (Å²) in [5, 5.41) is 12.2. The number of carbonyl (C=O) groups is 1. The highest BCUT2D eigenvalue weighted by molar-refractivity contribution is 7.89. The molecule has 1 amide bonds. The number of hydrogen-bond acceptors (Lipinski definition) is 5. The number of amides is 1. The van der Waals surface area contributed by atoms with E-state index in [0.29, 0.717) is 0 Å². The topological polar surface area (TPSA) is 105 Å². The number of phenols is 1. The van der Waals surface area contributed by atoms with E-state index in [1.807, 2.05) is 0 Å². The lowest BCUT2D eigenvalue weighted by Gasteiger charge is -2.11. The standard InChI is InChI=1S/C17H17F3N2O5S/c1-11-2-7-14(15(23)10-11)22-16(24)8-9-21-28(25,26)13-5-3-12(4-6-13)27-17(18,19)20/h2-7,10,21,23H,8-9H2,1H3,(H,22,24). The number of benzene rings is 2. The van der Waals surface area contributed by atoms with Crippen molar-refractivity contribution in [2.24, 2.45) is 0 Å². The molecule has 2 rings (SSSR count). The van der Waals surface area contributed by atoms with Crippen LogP contribution in [0, 0.1) is 6.92 Å². The molecule has 2 aromatic rings. The third kappa shape index (κ3) is 6.43. The van der Waals surface area contributed by atoms with E-state index in [9.17, 15) is 31.5 Å². The molecule has 0 fully saturated rings. The molecule has 0 bridgehead atoms. The van der Waals surface area contributed by atoms with Crippen LogP contribution in [0.5, 0.6) is 11.5 Å². The minimum Gasteiger partial charge on any atom is -0.506 e. The zero-order valence-corrected chi connectivity index (χ0v) is 15.4. The summed E-state index contributed by atoms with van der Waals surface area (Å²) in [5.41, 5.74) is 0.994. The molecular weight excluding hydrogens is 401 g/mol. The molecule has 0 aliphatic heterocycles. The number of alkyl halides is 3. The van der Waals surface area contributed by atoms with Crippen LogP contribution >= 0.6 is 0 Å². The number of anilines is 1. The van der Waals surface area contributed by atoms with Gasteiger partial charge in [-0.3, -0.25) is 4.79 Å². The molecule has 2 aromatic carbocycles. The normalized spacial score (nSPS) is 11.9. The fraction of sp³-hybridized carbons (Fsp3) is 0.235. The van der Waals surface area contributed by atoms with Gasteiger partial charge in [-0.15, -0.1) is 13.2 Å². The average Bonchev–Trinajstić information content (AvgIpc) is 2.56. The molecule has 3 N–H and O–H groups in total. The Morgan fingerprint density at radius 1 is 1.14 bits per heavy atom. The molecule has 152 valence electrons. The van der Waals surface area contributed by atoms with Gasteiger partial charge in [0.25, 0.3) is 0 Å². The number of phenolic OH excluding ortho intramolecular Hbond substituents is 1. The highest BCUT2D eigenvalue weighted by atomic mass is 32.2. The van der Waals surface area contributed by atoms with E-state index in [-0.39, 0.29) is 29.3 Å². The van der Waals surface area contributed by atoms with Crippen molar-refractivity contribution in [3.05, 3.63) is 48.0 Å². The number of rotatable bonds is 7. The third-order valence-corrected chi connectivity index (χ3v) is 4.92. The van der Waals surface area contributed by atoms with Crippen LogP contribution in [0.4, 0.5) is 18.9 Å². The van der Waals surface area contributed by atoms with Gasteiger partial charge in [0, 0.05) is 13.0 Å². The lowest BCUT2D eigenvalue weighted by molar-refractivity contribution is -0.274. The molecule has 0 radical (unpaired) electrons. The van der Waals surface area contributed by atoms with Gasteiger partial charge in [-0.25, -0.2) is 13.1 Å².